The average Bonchev–Trinajstić information content (AvgIpc) is 2.34. The number of allylic oxidation sites excluding steroid dienone is 2. The molecular weight excluding hydrogens is 431 g/mol. The maximum absolute atomic E-state index is 12.9. The van der Waals surface area contributed by atoms with Gasteiger partial charge in [0.05, 0.1) is 0 Å². The van der Waals surface area contributed by atoms with Crippen molar-refractivity contribution >= 4 is 0 Å². The van der Waals surface area contributed by atoms with Crippen LogP contribution >= 0.6 is 0 Å². The Balaban J connectivity index is 6.43. The van der Waals surface area contributed by atoms with Crippen LogP contribution in [0.25, 0.3) is 0 Å². The molecule has 0 rings (SSSR count). The van der Waals surface area contributed by atoms with E-state index in [4.69, 9.17) is 0 Å². The van der Waals surface area contributed by atoms with Crippen molar-refractivity contribution in [3.05, 3.63) is 11.9 Å². The lowest BCUT2D eigenvalue weighted by Crippen LogP contribution is -2.69. The van der Waals surface area contributed by atoms with Crippen LogP contribution in [-0.2, 0) is 0 Å². The lowest BCUT2D eigenvalue weighted by atomic mass is 9.93. The van der Waals surface area contributed by atoms with Gasteiger partial charge in [0.15, 0.2) is 0 Å². The van der Waals surface area contributed by atoms with E-state index in [9.17, 15) is 74.6 Å². The normalized spacial score (nSPS) is 16.9. The lowest BCUT2D eigenvalue weighted by Gasteiger charge is -2.39. The molecule has 0 atom stereocenters. The molecule has 0 bridgehead atoms. The highest BCUT2D eigenvalue weighted by molar-refractivity contribution is 5.17. The van der Waals surface area contributed by atoms with E-state index in [0.29, 0.717) is 0 Å². The first kappa shape index (κ1) is 24.6. The molecule has 0 unspecified atom stereocenters. The van der Waals surface area contributed by atoms with Crippen molar-refractivity contribution in [1.29, 1.82) is 0 Å². The zero-order chi connectivity index (χ0) is 21.8. The van der Waals surface area contributed by atoms with Crippen molar-refractivity contribution in [3.8, 4) is 0 Å². The van der Waals surface area contributed by atoms with Gasteiger partial charge in [-0.3, -0.25) is 0 Å². The minimum Gasteiger partial charge on any atom is -0.202 e. The quantitative estimate of drug-likeness (QED) is 0.458. The van der Waals surface area contributed by atoms with E-state index in [1.807, 2.05) is 0 Å². The Kier molecular flexibility index (Phi) is 5.70. The van der Waals surface area contributed by atoms with Gasteiger partial charge >= 0.3 is 42.0 Å². The highest BCUT2D eigenvalue weighted by Crippen LogP contribution is 2.60. The molecule has 0 nitrogen and oxygen atoms in total. The minimum absolute atomic E-state index is 2.66. The van der Waals surface area contributed by atoms with E-state index in [1.165, 1.54) is 0 Å². The number of halogens is 17. The van der Waals surface area contributed by atoms with Gasteiger partial charge in [0.2, 0.25) is 5.83 Å². The van der Waals surface area contributed by atoms with E-state index in [2.05, 4.69) is 0 Å². The molecule has 0 fully saturated rings. The molecule has 156 valence electrons. The van der Waals surface area contributed by atoms with Gasteiger partial charge in [0, 0.05) is 6.08 Å². The van der Waals surface area contributed by atoms with Crippen molar-refractivity contribution < 1.29 is 74.6 Å². The smallest absolute Gasteiger partial charge is 0.202 e. The zero-order valence-electron chi connectivity index (χ0n) is 11.0. The third-order valence-electron chi connectivity index (χ3n) is 2.54. The van der Waals surface area contributed by atoms with Crippen LogP contribution in [-0.4, -0.2) is 42.0 Å². The summed E-state index contributed by atoms with van der Waals surface area (Å²) in [5.74, 6) is -44.1. The SMILES string of the molecule is FC(=CC(F)(F)C(F)(F)C(F)(F)C(F)(F)C(F)(F)C(F)(F)F)C(F)(F)F. The second-order valence-electron chi connectivity index (χ2n) is 4.41. The van der Waals surface area contributed by atoms with Crippen molar-refractivity contribution in [1.82, 2.24) is 0 Å². The molecule has 0 aromatic rings. The third-order valence-corrected chi connectivity index (χ3v) is 2.54. The molecule has 0 amide bonds. The van der Waals surface area contributed by atoms with Gasteiger partial charge in [0.1, 0.15) is 0 Å². The zero-order valence-corrected chi connectivity index (χ0v) is 11.0. The second-order valence-corrected chi connectivity index (χ2v) is 4.41. The Hall–Kier alpha value is -1.45. The van der Waals surface area contributed by atoms with Gasteiger partial charge in [-0.15, -0.1) is 0 Å². The molecule has 0 aliphatic heterocycles. The predicted octanol–water partition coefficient (Wildman–Crippen LogP) is 6.14. The van der Waals surface area contributed by atoms with Crippen molar-refractivity contribution in [2.45, 2.75) is 42.0 Å². The molecule has 0 heterocycles. The minimum atomic E-state index is -8.29. The van der Waals surface area contributed by atoms with Crippen molar-refractivity contribution in [2.24, 2.45) is 0 Å². The summed E-state index contributed by atoms with van der Waals surface area (Å²) < 4.78 is 209. The summed E-state index contributed by atoms with van der Waals surface area (Å²) in [6.45, 7) is 0. The third kappa shape index (κ3) is 3.52. The Morgan fingerprint density at radius 1 is 0.462 bits per heavy atom. The Labute approximate surface area is 130 Å². The Morgan fingerprint density at radius 3 is 1.04 bits per heavy atom. The van der Waals surface area contributed by atoms with Gasteiger partial charge < -0.3 is 0 Å². The van der Waals surface area contributed by atoms with Crippen LogP contribution in [0, 0.1) is 0 Å². The van der Waals surface area contributed by atoms with E-state index in [0.717, 1.165) is 0 Å². The summed E-state index contributed by atoms with van der Waals surface area (Å²) in [6.07, 6.45) is -16.8. The summed E-state index contributed by atoms with van der Waals surface area (Å²) >= 11 is 0. The van der Waals surface area contributed by atoms with E-state index in [1.54, 1.807) is 0 Å². The topological polar surface area (TPSA) is 0 Å². The predicted molar refractivity (Wildman–Crippen MR) is 46.0 cm³/mol. The van der Waals surface area contributed by atoms with Gasteiger partial charge in [-0.05, 0) is 0 Å². The molecule has 0 N–H and O–H groups in total. The summed E-state index contributed by atoms with van der Waals surface area (Å²) in [5.41, 5.74) is 0. The van der Waals surface area contributed by atoms with E-state index < -0.39 is 53.9 Å². The van der Waals surface area contributed by atoms with Crippen LogP contribution in [0.2, 0.25) is 0 Å². The van der Waals surface area contributed by atoms with Crippen LogP contribution in [0.5, 0.6) is 0 Å². The molecular formula is C9HF17. The highest BCUT2D eigenvalue weighted by Gasteiger charge is 2.90. The van der Waals surface area contributed by atoms with Crippen molar-refractivity contribution in [3.63, 3.8) is 0 Å². The fourth-order valence-electron chi connectivity index (χ4n) is 1.11. The summed E-state index contributed by atoms with van der Waals surface area (Å²) in [5, 5.41) is 0. The second kappa shape index (κ2) is 6.03. The number of hydrogen-bond acceptors (Lipinski definition) is 0. The van der Waals surface area contributed by atoms with Crippen LogP contribution in [0.15, 0.2) is 11.9 Å². The fourth-order valence-corrected chi connectivity index (χ4v) is 1.11. The maximum atomic E-state index is 12.9. The summed E-state index contributed by atoms with van der Waals surface area (Å²) in [7, 11) is 0. The van der Waals surface area contributed by atoms with Gasteiger partial charge in [-0.1, -0.05) is 0 Å². The van der Waals surface area contributed by atoms with Crippen LogP contribution in [0.3, 0.4) is 0 Å². The molecule has 0 aromatic heterocycles. The molecule has 26 heavy (non-hydrogen) atoms. The standard InChI is InChI=1S/C9HF17/c10-2(4(13,14)15)1-3(11,12)5(16,17)6(18,19)7(20,21)8(22,23)9(24,25)26/h1H. The molecule has 0 radical (unpaired) electrons. The Morgan fingerprint density at radius 2 is 0.769 bits per heavy atom. The Bertz CT molecular complexity index is 544. The van der Waals surface area contributed by atoms with Gasteiger partial charge in [-0.25, -0.2) is 4.39 Å². The summed E-state index contributed by atoms with van der Waals surface area (Å²) in [4.78, 5) is 0. The van der Waals surface area contributed by atoms with Crippen LogP contribution in [0.1, 0.15) is 0 Å². The molecule has 0 aliphatic rings. The molecule has 0 aliphatic carbocycles. The largest absolute Gasteiger partial charge is 0.460 e. The molecule has 0 saturated heterocycles. The van der Waals surface area contributed by atoms with E-state index in [-0.39, 0.29) is 0 Å². The fraction of sp³-hybridized carbons (Fsp3) is 0.778. The monoisotopic (exact) mass is 432 g/mol. The lowest BCUT2D eigenvalue weighted by molar-refractivity contribution is -0.436. The van der Waals surface area contributed by atoms with Crippen molar-refractivity contribution in [2.75, 3.05) is 0 Å². The summed E-state index contributed by atoms with van der Waals surface area (Å²) in [6, 6.07) is 0. The van der Waals surface area contributed by atoms with Crippen LogP contribution in [0.4, 0.5) is 74.6 Å². The molecule has 0 spiro atoms. The van der Waals surface area contributed by atoms with Gasteiger partial charge in [0.25, 0.3) is 0 Å². The first-order valence-corrected chi connectivity index (χ1v) is 5.29. The maximum Gasteiger partial charge on any atom is 0.460 e. The molecule has 0 aromatic carbocycles. The number of alkyl halides is 16. The number of rotatable bonds is 5. The van der Waals surface area contributed by atoms with E-state index >= 15 is 0 Å². The first-order valence-electron chi connectivity index (χ1n) is 5.29. The molecule has 17 heteroatoms. The highest BCUT2D eigenvalue weighted by atomic mass is 19.4. The number of hydrogen-bond donors (Lipinski definition) is 0. The average molecular weight is 432 g/mol. The van der Waals surface area contributed by atoms with Gasteiger partial charge in [-0.2, -0.15) is 70.2 Å². The molecule has 0 saturated carbocycles. The first-order chi connectivity index (χ1) is 10.9. The van der Waals surface area contributed by atoms with Crippen LogP contribution < -0.4 is 0 Å².